The van der Waals surface area contributed by atoms with E-state index < -0.39 is 17.7 Å². The summed E-state index contributed by atoms with van der Waals surface area (Å²) in [6.45, 7) is 6.49. The van der Waals surface area contributed by atoms with Gasteiger partial charge in [-0.2, -0.15) is 5.48 Å². The number of hydroxylamine groups is 1. The summed E-state index contributed by atoms with van der Waals surface area (Å²) >= 11 is 0. The van der Waals surface area contributed by atoms with Gasteiger partial charge in [0.15, 0.2) is 0 Å². The van der Waals surface area contributed by atoms with Crippen LogP contribution >= 0.6 is 0 Å². The van der Waals surface area contributed by atoms with E-state index in [9.17, 15) is 9.59 Å². The van der Waals surface area contributed by atoms with Gasteiger partial charge >= 0.3 is 12.1 Å². The Bertz CT molecular complexity index is 469. The molecule has 0 radical (unpaired) electrons. The Morgan fingerprint density at radius 2 is 1.68 bits per heavy atom. The highest BCUT2D eigenvalue weighted by molar-refractivity contribution is 5.89. The molecular weight excluding hydrogens is 284 g/mol. The van der Waals surface area contributed by atoms with Gasteiger partial charge in [-0.1, -0.05) is 18.2 Å². The highest BCUT2D eigenvalue weighted by Gasteiger charge is 2.15. The van der Waals surface area contributed by atoms with Crippen LogP contribution in [0.2, 0.25) is 0 Å². The molecule has 0 heterocycles. The second kappa shape index (κ2) is 9.04. The molecule has 0 aliphatic carbocycles. The number of hydrogen-bond acceptors (Lipinski definition) is 5. The van der Waals surface area contributed by atoms with Crippen molar-refractivity contribution in [1.82, 2.24) is 10.8 Å². The number of ether oxygens (including phenoxy) is 1. The molecule has 6 nitrogen and oxygen atoms in total. The normalized spacial score (nSPS) is 10.9. The predicted molar refractivity (Wildman–Crippen MR) is 83.3 cm³/mol. The minimum absolute atomic E-state index is 0.410. The molecule has 1 aromatic rings. The first kappa shape index (κ1) is 18.0. The van der Waals surface area contributed by atoms with Gasteiger partial charge in [-0.15, -0.1) is 0 Å². The third kappa shape index (κ3) is 8.26. The van der Waals surface area contributed by atoms with Crippen LogP contribution in [-0.4, -0.2) is 30.8 Å². The van der Waals surface area contributed by atoms with Gasteiger partial charge in [0.2, 0.25) is 0 Å². The first-order chi connectivity index (χ1) is 10.4. The Morgan fingerprint density at radius 3 is 2.32 bits per heavy atom. The summed E-state index contributed by atoms with van der Waals surface area (Å²) in [4.78, 5) is 27.9. The fourth-order valence-electron chi connectivity index (χ4n) is 1.58. The first-order valence-corrected chi connectivity index (χ1v) is 7.34. The zero-order valence-electron chi connectivity index (χ0n) is 13.3. The van der Waals surface area contributed by atoms with Gasteiger partial charge in [0.1, 0.15) is 5.60 Å². The van der Waals surface area contributed by atoms with Crippen molar-refractivity contribution >= 4 is 12.1 Å². The lowest BCUT2D eigenvalue weighted by molar-refractivity contribution is 0.0251. The Balaban J connectivity index is 2.02. The first-order valence-electron chi connectivity index (χ1n) is 7.34. The van der Waals surface area contributed by atoms with Crippen molar-refractivity contribution in [2.75, 3.05) is 13.1 Å². The van der Waals surface area contributed by atoms with Gasteiger partial charge < -0.3 is 14.9 Å². The fourth-order valence-corrected chi connectivity index (χ4v) is 1.58. The highest BCUT2D eigenvalue weighted by Crippen LogP contribution is 2.06. The van der Waals surface area contributed by atoms with E-state index in [1.54, 1.807) is 24.3 Å². The molecule has 0 unspecified atom stereocenters. The van der Waals surface area contributed by atoms with Crippen molar-refractivity contribution in [2.24, 2.45) is 0 Å². The smallest absolute Gasteiger partial charge is 0.407 e. The minimum atomic E-state index is -0.489. The molecule has 1 rings (SSSR count). The van der Waals surface area contributed by atoms with Crippen LogP contribution in [0, 0.1) is 0 Å². The maximum Gasteiger partial charge on any atom is 0.407 e. The molecule has 0 aliphatic rings. The summed E-state index contributed by atoms with van der Waals surface area (Å²) < 4.78 is 5.11. The maximum atomic E-state index is 11.6. The fraction of sp³-hybridized carbons (Fsp3) is 0.500. The number of benzene rings is 1. The molecule has 0 bridgehead atoms. The molecule has 0 spiro atoms. The van der Waals surface area contributed by atoms with E-state index in [1.807, 2.05) is 26.8 Å². The number of hydrogen-bond donors (Lipinski definition) is 2. The molecule has 1 amide bonds. The lowest BCUT2D eigenvalue weighted by Crippen LogP contribution is -2.33. The molecular formula is C16H24N2O4. The van der Waals surface area contributed by atoms with E-state index in [0.29, 0.717) is 18.7 Å². The van der Waals surface area contributed by atoms with E-state index in [-0.39, 0.29) is 0 Å². The zero-order valence-corrected chi connectivity index (χ0v) is 13.3. The third-order valence-corrected chi connectivity index (χ3v) is 2.55. The summed E-state index contributed by atoms with van der Waals surface area (Å²) in [5, 5.41) is 2.67. The van der Waals surface area contributed by atoms with Gasteiger partial charge in [0.25, 0.3) is 0 Å². The number of amides is 1. The lowest BCUT2D eigenvalue weighted by atomic mass is 10.2. The zero-order chi connectivity index (χ0) is 16.4. The average molecular weight is 308 g/mol. The largest absolute Gasteiger partial charge is 0.444 e. The van der Waals surface area contributed by atoms with E-state index >= 15 is 0 Å². The summed E-state index contributed by atoms with van der Waals surface area (Å²) in [5.41, 5.74) is 2.63. The molecule has 22 heavy (non-hydrogen) atoms. The monoisotopic (exact) mass is 308 g/mol. The van der Waals surface area contributed by atoms with Gasteiger partial charge in [-0.05, 0) is 45.7 Å². The standard InChI is InChI=1S/C16H24N2O4/c1-16(2,3)21-15(20)17-11-7-8-12-18-22-14(19)13-9-5-4-6-10-13/h4-6,9-10,18H,7-8,11-12H2,1-3H3,(H,17,20). The van der Waals surface area contributed by atoms with Crippen molar-refractivity contribution in [2.45, 2.75) is 39.2 Å². The van der Waals surface area contributed by atoms with E-state index in [2.05, 4.69) is 10.8 Å². The number of rotatable bonds is 7. The molecule has 0 atom stereocenters. The van der Waals surface area contributed by atoms with Crippen LogP contribution in [0.25, 0.3) is 0 Å². The molecule has 0 fully saturated rings. The summed E-state index contributed by atoms with van der Waals surface area (Å²) in [7, 11) is 0. The van der Waals surface area contributed by atoms with Gasteiger partial charge in [0.05, 0.1) is 5.56 Å². The van der Waals surface area contributed by atoms with Crippen molar-refractivity contribution in [3.8, 4) is 0 Å². The quantitative estimate of drug-likeness (QED) is 0.598. The molecule has 0 aliphatic heterocycles. The molecule has 1 aromatic carbocycles. The number of unbranched alkanes of at least 4 members (excludes halogenated alkanes) is 1. The van der Waals surface area contributed by atoms with Crippen LogP contribution in [0.1, 0.15) is 44.0 Å². The second-order valence-corrected chi connectivity index (χ2v) is 5.79. The topological polar surface area (TPSA) is 76.7 Å². The number of nitrogens with one attached hydrogen (secondary N) is 2. The number of alkyl carbamates (subject to hydrolysis) is 1. The summed E-state index contributed by atoms with van der Waals surface area (Å²) in [6.07, 6.45) is 1.10. The third-order valence-electron chi connectivity index (χ3n) is 2.55. The lowest BCUT2D eigenvalue weighted by Gasteiger charge is -2.19. The number of carbonyl (C=O) groups is 2. The predicted octanol–water partition coefficient (Wildman–Crippen LogP) is 2.65. The highest BCUT2D eigenvalue weighted by atomic mass is 16.7. The Kier molecular flexibility index (Phi) is 7.39. The molecule has 0 aromatic heterocycles. The second-order valence-electron chi connectivity index (χ2n) is 5.79. The Morgan fingerprint density at radius 1 is 1.05 bits per heavy atom. The van der Waals surface area contributed by atoms with Crippen molar-refractivity contribution in [1.29, 1.82) is 0 Å². The van der Waals surface area contributed by atoms with Crippen LogP contribution in [-0.2, 0) is 9.57 Å². The van der Waals surface area contributed by atoms with Crippen LogP contribution in [0.3, 0.4) is 0 Å². The summed E-state index contributed by atoms with van der Waals surface area (Å²) in [5.74, 6) is -0.410. The van der Waals surface area contributed by atoms with Gasteiger partial charge in [-0.3, -0.25) is 0 Å². The van der Waals surface area contributed by atoms with Crippen molar-refractivity contribution in [3.63, 3.8) is 0 Å². The summed E-state index contributed by atoms with van der Waals surface area (Å²) in [6, 6.07) is 8.77. The molecule has 0 saturated carbocycles. The SMILES string of the molecule is CC(C)(C)OC(=O)NCCCCNOC(=O)c1ccccc1. The Labute approximate surface area is 131 Å². The van der Waals surface area contributed by atoms with Crippen LogP contribution in [0.4, 0.5) is 4.79 Å². The van der Waals surface area contributed by atoms with E-state index in [1.165, 1.54) is 0 Å². The van der Waals surface area contributed by atoms with Crippen LogP contribution < -0.4 is 10.8 Å². The van der Waals surface area contributed by atoms with Gasteiger partial charge in [0, 0.05) is 13.1 Å². The molecule has 122 valence electrons. The maximum absolute atomic E-state index is 11.6. The average Bonchev–Trinajstić information content (AvgIpc) is 2.45. The van der Waals surface area contributed by atoms with E-state index in [4.69, 9.17) is 9.57 Å². The van der Waals surface area contributed by atoms with Crippen molar-refractivity contribution < 1.29 is 19.2 Å². The molecule has 2 N–H and O–H groups in total. The Hall–Kier alpha value is -2.08. The van der Waals surface area contributed by atoms with E-state index in [0.717, 1.165) is 12.8 Å². The molecule has 6 heteroatoms. The van der Waals surface area contributed by atoms with Crippen LogP contribution in [0.15, 0.2) is 30.3 Å². The van der Waals surface area contributed by atoms with Gasteiger partial charge in [-0.25, -0.2) is 9.59 Å². The minimum Gasteiger partial charge on any atom is -0.444 e. The van der Waals surface area contributed by atoms with Crippen LogP contribution in [0.5, 0.6) is 0 Å². The number of carbonyl (C=O) groups excluding carboxylic acids is 2. The molecule has 0 saturated heterocycles. The van der Waals surface area contributed by atoms with Crippen molar-refractivity contribution in [3.05, 3.63) is 35.9 Å².